The third-order valence-electron chi connectivity index (χ3n) is 3.63. The van der Waals surface area contributed by atoms with Gasteiger partial charge in [-0.2, -0.15) is 0 Å². The maximum Gasteiger partial charge on any atom is 0.145 e. The van der Waals surface area contributed by atoms with Crippen LogP contribution in [0.15, 0.2) is 28.3 Å². The quantitative estimate of drug-likeness (QED) is 0.613. The zero-order valence-electron chi connectivity index (χ0n) is 11.0. The summed E-state index contributed by atoms with van der Waals surface area (Å²) in [5.74, 6) is -0.993. The van der Waals surface area contributed by atoms with Crippen molar-refractivity contribution in [1.29, 1.82) is 0 Å². The molecule has 0 spiro atoms. The van der Waals surface area contributed by atoms with Crippen LogP contribution in [0.3, 0.4) is 0 Å². The Morgan fingerprint density at radius 1 is 1.32 bits per heavy atom. The first-order valence-electron chi connectivity index (χ1n) is 6.62. The number of halogens is 3. The summed E-state index contributed by atoms with van der Waals surface area (Å²) in [5, 5.41) is 3.03. The Hall–Kier alpha value is -0.740. The average molecular weight is 330 g/mol. The Kier molecular flexibility index (Phi) is 5.11. The molecule has 0 aromatic heterocycles. The topological polar surface area (TPSA) is 12.0 Å². The molecule has 1 atom stereocenters. The van der Waals surface area contributed by atoms with Crippen LogP contribution < -0.4 is 5.32 Å². The maximum atomic E-state index is 14.1. The monoisotopic (exact) mass is 329 g/mol. The van der Waals surface area contributed by atoms with Gasteiger partial charge in [0, 0.05) is 11.6 Å². The highest BCUT2D eigenvalue weighted by atomic mass is 79.9. The van der Waals surface area contributed by atoms with Crippen molar-refractivity contribution < 1.29 is 8.78 Å². The zero-order valence-corrected chi connectivity index (χ0v) is 12.6. The molecule has 1 unspecified atom stereocenters. The van der Waals surface area contributed by atoms with Gasteiger partial charge in [0.2, 0.25) is 0 Å². The van der Waals surface area contributed by atoms with Gasteiger partial charge in [-0.1, -0.05) is 11.6 Å². The van der Waals surface area contributed by atoms with Crippen molar-refractivity contribution in [2.75, 3.05) is 7.05 Å². The minimum absolute atomic E-state index is 0.128. The highest BCUT2D eigenvalue weighted by Gasteiger charge is 2.22. The molecule has 1 aromatic carbocycles. The molecule has 0 radical (unpaired) electrons. The van der Waals surface area contributed by atoms with Gasteiger partial charge in [-0.3, -0.25) is 0 Å². The fraction of sp³-hybridized carbons (Fsp3) is 0.467. The minimum atomic E-state index is -0.504. The van der Waals surface area contributed by atoms with Crippen LogP contribution in [0.4, 0.5) is 8.78 Å². The van der Waals surface area contributed by atoms with Crippen molar-refractivity contribution in [1.82, 2.24) is 5.32 Å². The van der Waals surface area contributed by atoms with Gasteiger partial charge in [0.15, 0.2) is 0 Å². The smallest absolute Gasteiger partial charge is 0.145 e. The van der Waals surface area contributed by atoms with E-state index in [0.29, 0.717) is 10.9 Å². The van der Waals surface area contributed by atoms with Crippen LogP contribution in [0, 0.1) is 11.6 Å². The molecule has 1 aliphatic carbocycles. The van der Waals surface area contributed by atoms with Crippen LogP contribution in [-0.4, -0.2) is 7.05 Å². The molecule has 1 aliphatic rings. The predicted molar refractivity (Wildman–Crippen MR) is 77.0 cm³/mol. The molecular weight excluding hydrogens is 312 g/mol. The van der Waals surface area contributed by atoms with Crippen molar-refractivity contribution >= 4 is 15.9 Å². The zero-order chi connectivity index (χ0) is 13.8. The van der Waals surface area contributed by atoms with Crippen molar-refractivity contribution in [2.45, 2.75) is 38.1 Å². The molecule has 0 aliphatic heterocycles. The Labute approximate surface area is 121 Å². The number of benzene rings is 1. The lowest BCUT2D eigenvalue weighted by Gasteiger charge is -2.22. The second-order valence-electron chi connectivity index (χ2n) is 4.91. The second kappa shape index (κ2) is 6.62. The first-order chi connectivity index (χ1) is 9.13. The van der Waals surface area contributed by atoms with E-state index in [-0.39, 0.29) is 11.6 Å². The van der Waals surface area contributed by atoms with E-state index < -0.39 is 11.6 Å². The van der Waals surface area contributed by atoms with Gasteiger partial charge in [-0.15, -0.1) is 0 Å². The van der Waals surface area contributed by atoms with Crippen LogP contribution in [0.1, 0.15) is 43.7 Å². The van der Waals surface area contributed by atoms with E-state index in [0.717, 1.165) is 12.8 Å². The van der Waals surface area contributed by atoms with E-state index in [2.05, 4.69) is 27.3 Å². The number of rotatable bonds is 4. The molecule has 1 N–H and O–H groups in total. The third kappa shape index (κ3) is 3.42. The van der Waals surface area contributed by atoms with Crippen molar-refractivity contribution in [3.63, 3.8) is 0 Å². The molecule has 0 heterocycles. The number of allylic oxidation sites excluding steroid dienone is 1. The second-order valence-corrected chi connectivity index (χ2v) is 5.76. The molecule has 19 heavy (non-hydrogen) atoms. The Morgan fingerprint density at radius 2 is 2.11 bits per heavy atom. The number of nitrogens with one attached hydrogen (secondary N) is 1. The van der Waals surface area contributed by atoms with E-state index in [1.807, 2.05) is 0 Å². The summed E-state index contributed by atoms with van der Waals surface area (Å²) in [6.07, 6.45) is 7.38. The largest absolute Gasteiger partial charge is 0.313 e. The van der Waals surface area contributed by atoms with Crippen LogP contribution in [0.5, 0.6) is 0 Å². The molecule has 104 valence electrons. The molecule has 1 aromatic rings. The minimum Gasteiger partial charge on any atom is -0.313 e. The van der Waals surface area contributed by atoms with Crippen LogP contribution in [-0.2, 0) is 0 Å². The normalized spacial score (nSPS) is 17.2. The summed E-state index contributed by atoms with van der Waals surface area (Å²) in [4.78, 5) is 0. The molecule has 4 heteroatoms. The fourth-order valence-electron chi connectivity index (χ4n) is 2.56. The van der Waals surface area contributed by atoms with Gasteiger partial charge < -0.3 is 5.32 Å². The molecule has 0 bridgehead atoms. The van der Waals surface area contributed by atoms with E-state index >= 15 is 0 Å². The summed E-state index contributed by atoms with van der Waals surface area (Å²) < 4.78 is 28.3. The van der Waals surface area contributed by atoms with E-state index in [1.165, 1.54) is 30.5 Å². The highest BCUT2D eigenvalue weighted by molar-refractivity contribution is 9.10. The number of hydrogen-bond donors (Lipinski definition) is 1. The molecular formula is C15H18BrF2N. The summed E-state index contributed by atoms with van der Waals surface area (Å²) in [6.45, 7) is 0. The van der Waals surface area contributed by atoms with E-state index in [4.69, 9.17) is 0 Å². The van der Waals surface area contributed by atoms with E-state index in [9.17, 15) is 8.78 Å². The molecule has 0 fully saturated rings. The summed E-state index contributed by atoms with van der Waals surface area (Å²) >= 11 is 3.12. The first kappa shape index (κ1) is 14.7. The Balaban J connectivity index is 2.26. The van der Waals surface area contributed by atoms with Gasteiger partial charge in [0.1, 0.15) is 11.6 Å². The molecule has 0 saturated heterocycles. The van der Waals surface area contributed by atoms with Crippen LogP contribution in [0.25, 0.3) is 0 Å². The van der Waals surface area contributed by atoms with Gasteiger partial charge in [0.25, 0.3) is 0 Å². The molecule has 1 nitrogen and oxygen atoms in total. The lowest BCUT2D eigenvalue weighted by molar-refractivity contribution is 0.478. The Bertz CT molecular complexity index is 485. The lowest BCUT2D eigenvalue weighted by atomic mass is 9.91. The lowest BCUT2D eigenvalue weighted by Crippen LogP contribution is -2.20. The van der Waals surface area contributed by atoms with Gasteiger partial charge in [-0.25, -0.2) is 8.78 Å². The summed E-state index contributed by atoms with van der Waals surface area (Å²) in [6, 6.07) is 2.39. The van der Waals surface area contributed by atoms with Crippen LogP contribution in [0.2, 0.25) is 0 Å². The third-order valence-corrected chi connectivity index (χ3v) is 4.24. The maximum absolute atomic E-state index is 14.1. The highest BCUT2D eigenvalue weighted by Crippen LogP contribution is 2.32. The van der Waals surface area contributed by atoms with Crippen molar-refractivity contribution in [3.8, 4) is 0 Å². The molecule has 2 rings (SSSR count). The predicted octanol–water partition coefficient (Wildman–Crippen LogP) is 4.88. The standard InChI is InChI=1S/C15H18BrF2N/c1-19-13(9-10-5-3-2-4-6-10)14-12(17)8-7-11(16)15(14)18/h5,7-8,13,19H,2-4,6,9H2,1H3. The molecule has 0 amide bonds. The van der Waals surface area contributed by atoms with Gasteiger partial charge >= 0.3 is 0 Å². The summed E-state index contributed by atoms with van der Waals surface area (Å²) in [5.41, 5.74) is 1.42. The van der Waals surface area contributed by atoms with Gasteiger partial charge in [-0.05, 0) is 67.2 Å². The molecule has 0 saturated carbocycles. The van der Waals surface area contributed by atoms with E-state index in [1.54, 1.807) is 7.05 Å². The van der Waals surface area contributed by atoms with Gasteiger partial charge in [0.05, 0.1) is 4.47 Å². The van der Waals surface area contributed by atoms with Crippen molar-refractivity contribution in [2.24, 2.45) is 0 Å². The first-order valence-corrected chi connectivity index (χ1v) is 7.41. The Morgan fingerprint density at radius 3 is 2.74 bits per heavy atom. The van der Waals surface area contributed by atoms with Crippen LogP contribution >= 0.6 is 15.9 Å². The SMILES string of the molecule is CNC(CC1=CCCCC1)c1c(F)ccc(Br)c1F. The average Bonchev–Trinajstić information content (AvgIpc) is 2.43. The number of hydrogen-bond acceptors (Lipinski definition) is 1. The van der Waals surface area contributed by atoms with Crippen molar-refractivity contribution in [3.05, 3.63) is 45.5 Å². The fourth-order valence-corrected chi connectivity index (χ4v) is 2.91. The summed E-state index contributed by atoms with van der Waals surface area (Å²) in [7, 11) is 1.74.